The maximum atomic E-state index is 13.9. The Morgan fingerprint density at radius 1 is 1.03 bits per heavy atom. The van der Waals surface area contributed by atoms with Crippen LogP contribution in [0.1, 0.15) is 26.3 Å². The summed E-state index contributed by atoms with van der Waals surface area (Å²) in [6.07, 6.45) is 0. The van der Waals surface area contributed by atoms with E-state index in [2.05, 4.69) is 21.2 Å². The van der Waals surface area contributed by atoms with E-state index in [-0.39, 0.29) is 23.0 Å². The summed E-state index contributed by atoms with van der Waals surface area (Å²) >= 11 is 9.42. The van der Waals surface area contributed by atoms with Crippen molar-refractivity contribution in [1.29, 1.82) is 0 Å². The van der Waals surface area contributed by atoms with Crippen LogP contribution in [0.15, 0.2) is 82.2 Å². The fraction of sp³-hybridized carbons (Fsp3) is 0.286. The number of likely N-dealkylation sites (N-methyl/N-ethyl adjacent to an activating group) is 1. The number of nitrogens with zero attached hydrogens (tertiary/aromatic N) is 2. The van der Waals surface area contributed by atoms with Crippen molar-refractivity contribution in [2.75, 3.05) is 24.0 Å². The number of hydrogen-bond donors (Lipinski definition) is 1. The van der Waals surface area contributed by atoms with Crippen LogP contribution in [-0.4, -0.2) is 50.9 Å². The standard InChI is InChI=1S/C28H31BrClN3O5S/c1-4-31-28(35)20(3)32(18-21-7-6-8-22(29)17-21)27(34)19-33(24-11-13-25(14-12-24)38-5-2)39(36,37)26-15-9-23(30)10-16-26/h6-17,20H,4-5,18-19H2,1-3H3,(H,31,35)/t20-/m0/s1. The van der Waals surface area contributed by atoms with Crippen LogP contribution in [0.3, 0.4) is 0 Å². The fourth-order valence-electron chi connectivity index (χ4n) is 3.87. The lowest BCUT2D eigenvalue weighted by atomic mass is 10.1. The third kappa shape index (κ3) is 7.97. The molecule has 0 bridgehead atoms. The second kappa shape index (κ2) is 13.8. The minimum Gasteiger partial charge on any atom is -0.494 e. The zero-order chi connectivity index (χ0) is 28.6. The van der Waals surface area contributed by atoms with Crippen LogP contribution in [0.5, 0.6) is 5.75 Å². The first-order valence-electron chi connectivity index (χ1n) is 12.4. The average Bonchev–Trinajstić information content (AvgIpc) is 2.91. The average molecular weight is 637 g/mol. The number of benzene rings is 3. The van der Waals surface area contributed by atoms with Crippen LogP contribution in [0, 0.1) is 0 Å². The third-order valence-corrected chi connectivity index (χ3v) is 8.41. The molecule has 3 rings (SSSR count). The molecule has 0 aliphatic carbocycles. The lowest BCUT2D eigenvalue weighted by Gasteiger charge is -2.32. The van der Waals surface area contributed by atoms with Crippen molar-refractivity contribution in [3.63, 3.8) is 0 Å². The summed E-state index contributed by atoms with van der Waals surface area (Å²) in [6, 6.07) is 18.7. The van der Waals surface area contributed by atoms with Crippen LogP contribution in [0.25, 0.3) is 0 Å². The van der Waals surface area contributed by atoms with Crippen molar-refractivity contribution in [1.82, 2.24) is 10.2 Å². The van der Waals surface area contributed by atoms with Gasteiger partial charge < -0.3 is 15.0 Å². The number of amides is 2. The highest BCUT2D eigenvalue weighted by molar-refractivity contribution is 9.10. The molecule has 39 heavy (non-hydrogen) atoms. The fourth-order valence-corrected chi connectivity index (χ4v) is 5.86. The van der Waals surface area contributed by atoms with Gasteiger partial charge in [-0.05, 0) is 87.0 Å². The van der Waals surface area contributed by atoms with Gasteiger partial charge in [0, 0.05) is 22.6 Å². The highest BCUT2D eigenvalue weighted by Gasteiger charge is 2.32. The molecule has 1 atom stereocenters. The number of carbonyl (C=O) groups is 2. The van der Waals surface area contributed by atoms with Crippen molar-refractivity contribution in [3.05, 3.63) is 87.9 Å². The Morgan fingerprint density at radius 2 is 1.69 bits per heavy atom. The molecule has 11 heteroatoms. The van der Waals surface area contributed by atoms with Gasteiger partial charge >= 0.3 is 0 Å². The second-order valence-corrected chi connectivity index (χ2v) is 11.8. The molecule has 0 saturated heterocycles. The lowest BCUT2D eigenvalue weighted by Crippen LogP contribution is -2.51. The van der Waals surface area contributed by atoms with Gasteiger partial charge in [-0.25, -0.2) is 8.42 Å². The molecular weight excluding hydrogens is 606 g/mol. The summed E-state index contributed by atoms with van der Waals surface area (Å²) in [4.78, 5) is 28.0. The summed E-state index contributed by atoms with van der Waals surface area (Å²) in [5.74, 6) is -0.313. The Hall–Kier alpha value is -3.08. The van der Waals surface area contributed by atoms with E-state index in [1.807, 2.05) is 31.2 Å². The summed E-state index contributed by atoms with van der Waals surface area (Å²) in [5, 5.41) is 3.12. The Labute approximate surface area is 243 Å². The van der Waals surface area contributed by atoms with Crippen molar-refractivity contribution in [3.8, 4) is 5.75 Å². The predicted octanol–water partition coefficient (Wildman–Crippen LogP) is 5.25. The summed E-state index contributed by atoms with van der Waals surface area (Å²) < 4.78 is 35.0. The van der Waals surface area contributed by atoms with Gasteiger partial charge in [-0.2, -0.15) is 0 Å². The van der Waals surface area contributed by atoms with Gasteiger partial charge in [0.15, 0.2) is 0 Å². The molecule has 0 heterocycles. The molecule has 1 N–H and O–H groups in total. The minimum absolute atomic E-state index is 0.0242. The van der Waals surface area contributed by atoms with Crippen LogP contribution < -0.4 is 14.4 Å². The number of nitrogens with one attached hydrogen (secondary N) is 1. The first kappa shape index (κ1) is 30.5. The Balaban J connectivity index is 2.03. The topological polar surface area (TPSA) is 96.0 Å². The molecule has 3 aromatic carbocycles. The number of anilines is 1. The van der Waals surface area contributed by atoms with Crippen LogP contribution in [-0.2, 0) is 26.2 Å². The van der Waals surface area contributed by atoms with Crippen molar-refractivity contribution in [2.45, 2.75) is 38.3 Å². The first-order chi connectivity index (χ1) is 18.6. The van der Waals surface area contributed by atoms with E-state index in [0.717, 1.165) is 14.3 Å². The van der Waals surface area contributed by atoms with Gasteiger partial charge in [0.05, 0.1) is 17.2 Å². The zero-order valence-corrected chi connectivity index (χ0v) is 25.1. The second-order valence-electron chi connectivity index (χ2n) is 8.61. The number of ether oxygens (including phenoxy) is 1. The third-order valence-electron chi connectivity index (χ3n) is 5.88. The first-order valence-corrected chi connectivity index (χ1v) is 15.0. The van der Waals surface area contributed by atoms with Crippen molar-refractivity contribution in [2.24, 2.45) is 0 Å². The molecule has 0 aliphatic rings. The molecule has 0 aliphatic heterocycles. The van der Waals surface area contributed by atoms with Gasteiger partial charge in [-0.1, -0.05) is 39.7 Å². The van der Waals surface area contributed by atoms with Crippen LogP contribution in [0.4, 0.5) is 5.69 Å². The van der Waals surface area contributed by atoms with Gasteiger partial charge in [-0.15, -0.1) is 0 Å². The monoisotopic (exact) mass is 635 g/mol. The van der Waals surface area contributed by atoms with E-state index in [4.69, 9.17) is 16.3 Å². The van der Waals surface area contributed by atoms with Gasteiger partial charge in [0.2, 0.25) is 11.8 Å². The molecule has 0 radical (unpaired) electrons. The maximum Gasteiger partial charge on any atom is 0.264 e. The normalized spacial score (nSPS) is 11.9. The number of rotatable bonds is 12. The van der Waals surface area contributed by atoms with Gasteiger partial charge in [-0.3, -0.25) is 13.9 Å². The van der Waals surface area contributed by atoms with Crippen molar-refractivity contribution >= 4 is 55.1 Å². The van der Waals surface area contributed by atoms with E-state index in [9.17, 15) is 18.0 Å². The minimum atomic E-state index is -4.18. The number of halogens is 2. The quantitative estimate of drug-likeness (QED) is 0.293. The molecule has 8 nitrogen and oxygen atoms in total. The van der Waals surface area contributed by atoms with Crippen LogP contribution >= 0.6 is 27.5 Å². The molecule has 208 valence electrons. The Bertz CT molecular complexity index is 1390. The smallest absolute Gasteiger partial charge is 0.264 e. The van der Waals surface area contributed by atoms with Gasteiger partial charge in [0.25, 0.3) is 10.0 Å². The van der Waals surface area contributed by atoms with Gasteiger partial charge in [0.1, 0.15) is 18.3 Å². The van der Waals surface area contributed by atoms with Crippen molar-refractivity contribution < 1.29 is 22.7 Å². The Kier molecular flexibility index (Phi) is 10.8. The molecule has 0 aromatic heterocycles. The Morgan fingerprint density at radius 3 is 2.28 bits per heavy atom. The largest absolute Gasteiger partial charge is 0.494 e. The molecule has 3 aromatic rings. The predicted molar refractivity (Wildman–Crippen MR) is 156 cm³/mol. The number of carbonyl (C=O) groups excluding carboxylic acids is 2. The zero-order valence-electron chi connectivity index (χ0n) is 21.9. The molecular formula is C28H31BrClN3O5S. The molecule has 2 amide bonds. The molecule has 0 fully saturated rings. The van der Waals surface area contributed by atoms with E-state index >= 15 is 0 Å². The highest BCUT2D eigenvalue weighted by Crippen LogP contribution is 2.27. The molecule has 0 spiro atoms. The van der Waals surface area contributed by atoms with E-state index < -0.39 is 28.5 Å². The summed E-state index contributed by atoms with van der Waals surface area (Å²) in [6.45, 7) is 5.68. The SMILES string of the molecule is CCNC(=O)[C@H](C)N(Cc1cccc(Br)c1)C(=O)CN(c1ccc(OCC)cc1)S(=O)(=O)c1ccc(Cl)cc1. The molecule has 0 saturated carbocycles. The van der Waals surface area contributed by atoms with E-state index in [0.29, 0.717) is 23.9 Å². The van der Waals surface area contributed by atoms with E-state index in [1.54, 1.807) is 38.1 Å². The van der Waals surface area contributed by atoms with E-state index in [1.165, 1.54) is 29.2 Å². The highest BCUT2D eigenvalue weighted by atomic mass is 79.9. The summed E-state index contributed by atoms with van der Waals surface area (Å²) in [5.41, 5.74) is 1.05. The molecule has 0 unspecified atom stereocenters. The summed E-state index contributed by atoms with van der Waals surface area (Å²) in [7, 11) is -4.18. The number of sulfonamides is 1. The van der Waals surface area contributed by atoms with Crippen LogP contribution in [0.2, 0.25) is 5.02 Å². The maximum absolute atomic E-state index is 13.9. The lowest BCUT2D eigenvalue weighted by molar-refractivity contribution is -0.139. The number of hydrogen-bond acceptors (Lipinski definition) is 5.